The topological polar surface area (TPSA) is 78.5 Å². The average Bonchev–Trinajstić information content (AvgIpc) is 2.97. The zero-order valence-corrected chi connectivity index (χ0v) is 13.9. The van der Waals surface area contributed by atoms with Gasteiger partial charge in [0, 0.05) is 32.2 Å². The van der Waals surface area contributed by atoms with Crippen molar-refractivity contribution in [2.24, 2.45) is 0 Å². The van der Waals surface area contributed by atoms with E-state index in [9.17, 15) is 13.2 Å². The number of nitrogens with one attached hydrogen (secondary N) is 2. The smallest absolute Gasteiger partial charge is 0.240 e. The highest BCUT2D eigenvalue weighted by molar-refractivity contribution is 7.89. The Morgan fingerprint density at radius 2 is 2.17 bits per heavy atom. The zero-order chi connectivity index (χ0) is 16.4. The number of rotatable bonds is 4. The van der Waals surface area contributed by atoms with Crippen LogP contribution in [0.4, 0.5) is 5.69 Å². The van der Waals surface area contributed by atoms with Crippen LogP contribution in [0.3, 0.4) is 0 Å². The van der Waals surface area contributed by atoms with Crippen molar-refractivity contribution in [1.29, 1.82) is 0 Å². The maximum atomic E-state index is 12.5. The van der Waals surface area contributed by atoms with E-state index in [-0.39, 0.29) is 10.8 Å². The van der Waals surface area contributed by atoms with Crippen molar-refractivity contribution < 1.29 is 13.2 Å². The molecule has 23 heavy (non-hydrogen) atoms. The molecule has 0 aliphatic carbocycles. The largest absolute Gasteiger partial charge is 0.313 e. The first-order valence-electron chi connectivity index (χ1n) is 7.77. The van der Waals surface area contributed by atoms with Gasteiger partial charge in [-0.25, -0.2) is 13.1 Å². The van der Waals surface area contributed by atoms with Crippen LogP contribution >= 0.6 is 0 Å². The Bertz CT molecular complexity index is 756. The van der Waals surface area contributed by atoms with Gasteiger partial charge in [-0.3, -0.25) is 4.79 Å². The van der Waals surface area contributed by atoms with Crippen molar-refractivity contribution in [2.75, 3.05) is 31.1 Å². The minimum absolute atomic E-state index is 0.0182. The number of fused-ring (bicyclic) bond motifs is 1. The molecule has 0 atom stereocenters. The van der Waals surface area contributed by atoms with Crippen molar-refractivity contribution in [3.05, 3.63) is 35.4 Å². The number of nitrogens with zero attached hydrogens (tertiary/aromatic N) is 1. The Labute approximate surface area is 136 Å². The van der Waals surface area contributed by atoms with Crippen LogP contribution in [0.1, 0.15) is 18.9 Å². The molecular weight excluding hydrogens is 314 g/mol. The van der Waals surface area contributed by atoms with Gasteiger partial charge in [0.2, 0.25) is 15.9 Å². The molecule has 124 valence electrons. The summed E-state index contributed by atoms with van der Waals surface area (Å²) in [6, 6.07) is 4.97. The van der Waals surface area contributed by atoms with Gasteiger partial charge in [-0.05, 0) is 43.1 Å². The first-order valence-corrected chi connectivity index (χ1v) is 9.25. The van der Waals surface area contributed by atoms with Crippen LogP contribution in [0.25, 0.3) is 0 Å². The average molecular weight is 335 g/mol. The molecule has 0 radical (unpaired) electrons. The number of carbonyl (C=O) groups excluding carboxylic acids is 1. The Hall–Kier alpha value is -1.70. The lowest BCUT2D eigenvalue weighted by atomic mass is 10.1. The van der Waals surface area contributed by atoms with Crippen LogP contribution in [0, 0.1) is 0 Å². The predicted molar refractivity (Wildman–Crippen MR) is 88.9 cm³/mol. The predicted octanol–water partition coefficient (Wildman–Crippen LogP) is 0.794. The van der Waals surface area contributed by atoms with Crippen LogP contribution in [0.15, 0.2) is 34.7 Å². The Morgan fingerprint density at radius 3 is 2.87 bits per heavy atom. The highest BCUT2D eigenvalue weighted by Crippen LogP contribution is 2.30. The van der Waals surface area contributed by atoms with Gasteiger partial charge in [-0.1, -0.05) is 11.6 Å². The molecule has 0 spiro atoms. The van der Waals surface area contributed by atoms with Crippen molar-refractivity contribution >= 4 is 21.6 Å². The fraction of sp³-hybridized carbons (Fsp3) is 0.438. The SMILES string of the molecule is CC(=O)N1CCc2cc(S(=O)(=O)NCC3=CCNCC3)ccc21. The van der Waals surface area contributed by atoms with E-state index in [2.05, 4.69) is 10.0 Å². The third kappa shape index (κ3) is 3.46. The van der Waals surface area contributed by atoms with Crippen molar-refractivity contribution in [2.45, 2.75) is 24.7 Å². The number of hydrogen-bond acceptors (Lipinski definition) is 4. The second-order valence-corrected chi connectivity index (χ2v) is 7.62. The van der Waals surface area contributed by atoms with Gasteiger partial charge in [0.25, 0.3) is 0 Å². The van der Waals surface area contributed by atoms with Crippen LogP contribution in [0.5, 0.6) is 0 Å². The minimum Gasteiger partial charge on any atom is -0.313 e. The summed E-state index contributed by atoms with van der Waals surface area (Å²) in [6.07, 6.45) is 3.58. The first-order chi connectivity index (χ1) is 11.0. The zero-order valence-electron chi connectivity index (χ0n) is 13.1. The molecule has 2 aliphatic heterocycles. The molecule has 2 N–H and O–H groups in total. The number of benzene rings is 1. The Kier molecular flexibility index (Phi) is 4.52. The van der Waals surface area contributed by atoms with Crippen molar-refractivity contribution in [3.8, 4) is 0 Å². The van der Waals surface area contributed by atoms with E-state index in [0.717, 1.165) is 36.3 Å². The van der Waals surface area contributed by atoms with Crippen molar-refractivity contribution in [1.82, 2.24) is 10.0 Å². The molecule has 0 saturated heterocycles. The highest BCUT2D eigenvalue weighted by atomic mass is 32.2. The molecule has 2 heterocycles. The third-order valence-corrected chi connectivity index (χ3v) is 5.68. The third-order valence-electron chi connectivity index (χ3n) is 4.28. The molecule has 3 rings (SSSR count). The monoisotopic (exact) mass is 335 g/mol. The summed E-state index contributed by atoms with van der Waals surface area (Å²) in [5.41, 5.74) is 2.83. The molecule has 0 bridgehead atoms. The summed E-state index contributed by atoms with van der Waals surface area (Å²) in [6.45, 7) is 4.15. The fourth-order valence-electron chi connectivity index (χ4n) is 2.97. The molecule has 6 nitrogen and oxygen atoms in total. The van der Waals surface area contributed by atoms with Gasteiger partial charge in [0.05, 0.1) is 4.90 Å². The molecule has 0 unspecified atom stereocenters. The summed E-state index contributed by atoms with van der Waals surface area (Å²) in [5.74, 6) is -0.0182. The number of hydrogen-bond donors (Lipinski definition) is 2. The Morgan fingerprint density at radius 1 is 1.35 bits per heavy atom. The standard InChI is InChI=1S/C16H21N3O3S/c1-12(20)19-9-6-14-10-15(2-3-16(14)19)23(21,22)18-11-13-4-7-17-8-5-13/h2-4,10,17-18H,5-9,11H2,1H3. The summed E-state index contributed by atoms with van der Waals surface area (Å²) in [7, 11) is -3.53. The number of sulfonamides is 1. The highest BCUT2D eigenvalue weighted by Gasteiger charge is 2.24. The lowest BCUT2D eigenvalue weighted by Gasteiger charge is -2.16. The van der Waals surface area contributed by atoms with Gasteiger partial charge in [-0.2, -0.15) is 0 Å². The maximum Gasteiger partial charge on any atom is 0.240 e. The lowest BCUT2D eigenvalue weighted by molar-refractivity contribution is -0.116. The van der Waals surface area contributed by atoms with E-state index in [1.165, 1.54) is 6.92 Å². The molecule has 0 saturated carbocycles. The number of anilines is 1. The van der Waals surface area contributed by atoms with Crippen molar-refractivity contribution in [3.63, 3.8) is 0 Å². The summed E-state index contributed by atoms with van der Waals surface area (Å²) in [4.78, 5) is 13.5. The molecule has 1 amide bonds. The normalized spacial score (nSPS) is 17.8. The molecule has 1 aromatic rings. The fourth-order valence-corrected chi connectivity index (χ4v) is 4.06. The van der Waals surface area contributed by atoms with E-state index in [4.69, 9.17) is 0 Å². The van der Waals surface area contributed by atoms with E-state index >= 15 is 0 Å². The second-order valence-electron chi connectivity index (χ2n) is 5.85. The minimum atomic E-state index is -3.53. The number of amides is 1. The molecule has 1 aromatic carbocycles. The van der Waals surface area contributed by atoms with Crippen LogP contribution in [-0.4, -0.2) is 40.5 Å². The molecule has 0 aromatic heterocycles. The summed E-state index contributed by atoms with van der Waals surface area (Å²) < 4.78 is 27.6. The summed E-state index contributed by atoms with van der Waals surface area (Å²) in [5, 5.41) is 3.20. The quantitative estimate of drug-likeness (QED) is 0.798. The van der Waals surface area contributed by atoms with Gasteiger partial charge < -0.3 is 10.2 Å². The molecule has 2 aliphatic rings. The van der Waals surface area contributed by atoms with Gasteiger partial charge in [0.15, 0.2) is 0 Å². The van der Waals surface area contributed by atoms with Gasteiger partial charge in [0.1, 0.15) is 0 Å². The Balaban J connectivity index is 1.76. The van der Waals surface area contributed by atoms with Gasteiger partial charge >= 0.3 is 0 Å². The lowest BCUT2D eigenvalue weighted by Crippen LogP contribution is -2.29. The van der Waals surface area contributed by atoms with E-state index in [0.29, 0.717) is 19.5 Å². The molecule has 0 fully saturated rings. The second kappa shape index (κ2) is 6.43. The van der Waals surface area contributed by atoms with Crippen LogP contribution in [0.2, 0.25) is 0 Å². The molecule has 7 heteroatoms. The summed E-state index contributed by atoms with van der Waals surface area (Å²) >= 11 is 0. The van der Waals surface area contributed by atoms with Crippen LogP contribution in [-0.2, 0) is 21.2 Å². The van der Waals surface area contributed by atoms with E-state index in [1.54, 1.807) is 23.1 Å². The van der Waals surface area contributed by atoms with Crippen LogP contribution < -0.4 is 14.9 Å². The number of carbonyl (C=O) groups is 1. The molecular formula is C16H21N3O3S. The first kappa shape index (κ1) is 16.2. The van der Waals surface area contributed by atoms with E-state index in [1.807, 2.05) is 6.08 Å². The maximum absolute atomic E-state index is 12.5. The van der Waals surface area contributed by atoms with E-state index < -0.39 is 10.0 Å². The van der Waals surface area contributed by atoms with Gasteiger partial charge in [-0.15, -0.1) is 0 Å².